The minimum atomic E-state index is 0.0981. The zero-order chi connectivity index (χ0) is 21.2. The Morgan fingerprint density at radius 2 is 1.42 bits per heavy atom. The third kappa shape index (κ3) is 2.86. The molecule has 4 aromatic carbocycles. The van der Waals surface area contributed by atoms with Gasteiger partial charge in [0, 0.05) is 37.3 Å². The third-order valence-electron chi connectivity index (χ3n) is 6.27. The molecule has 150 valence electrons. The van der Waals surface area contributed by atoms with Crippen LogP contribution in [0, 0.1) is 0 Å². The first-order valence-electron chi connectivity index (χ1n) is 10.7. The normalized spacial score (nSPS) is 12.4. The summed E-state index contributed by atoms with van der Waals surface area (Å²) in [5, 5.41) is 7.92. The number of rotatable bonds is 1. The lowest BCUT2D eigenvalue weighted by Crippen LogP contribution is -2.11. The third-order valence-corrected chi connectivity index (χ3v) is 7.55. The highest BCUT2D eigenvalue weighted by atomic mass is 32.1. The van der Waals surface area contributed by atoms with Crippen LogP contribution in [-0.2, 0) is 5.41 Å². The quantitative estimate of drug-likeness (QED) is 0.244. The second kappa shape index (κ2) is 6.63. The van der Waals surface area contributed by atoms with Crippen LogP contribution >= 0.6 is 11.3 Å². The van der Waals surface area contributed by atoms with Crippen molar-refractivity contribution in [3.8, 4) is 11.3 Å². The van der Waals surface area contributed by atoms with Gasteiger partial charge in [-0.25, -0.2) is 0 Å². The summed E-state index contributed by atoms with van der Waals surface area (Å²) in [5.74, 6) is 0. The minimum absolute atomic E-state index is 0.0981. The highest BCUT2D eigenvalue weighted by molar-refractivity contribution is 7.27. The van der Waals surface area contributed by atoms with E-state index in [1.54, 1.807) is 0 Å². The van der Waals surface area contributed by atoms with Gasteiger partial charge in [-0.3, -0.25) is 4.98 Å². The molecule has 0 radical (unpaired) electrons. The van der Waals surface area contributed by atoms with Gasteiger partial charge >= 0.3 is 0 Å². The van der Waals surface area contributed by atoms with Gasteiger partial charge in [0.05, 0.1) is 5.69 Å². The van der Waals surface area contributed by atoms with Crippen LogP contribution in [0.15, 0.2) is 85.1 Å². The van der Waals surface area contributed by atoms with Crippen molar-refractivity contribution in [2.75, 3.05) is 0 Å². The van der Waals surface area contributed by atoms with Gasteiger partial charge in [0.1, 0.15) is 0 Å². The molecule has 0 amide bonds. The molecule has 0 bridgehead atoms. The molecule has 0 aliphatic carbocycles. The topological polar surface area (TPSA) is 12.9 Å². The maximum Gasteiger partial charge on any atom is 0.0719 e. The molecule has 2 heteroatoms. The molecule has 0 saturated heterocycles. The Kier molecular flexibility index (Phi) is 3.97. The van der Waals surface area contributed by atoms with Gasteiger partial charge in [0.2, 0.25) is 0 Å². The first-order chi connectivity index (χ1) is 15.0. The number of aromatic nitrogens is 1. The van der Waals surface area contributed by atoms with Crippen LogP contribution in [0.1, 0.15) is 26.3 Å². The lowest BCUT2D eigenvalue weighted by molar-refractivity contribution is 0.589. The monoisotopic (exact) mass is 417 g/mol. The zero-order valence-electron chi connectivity index (χ0n) is 17.9. The van der Waals surface area contributed by atoms with E-state index in [-0.39, 0.29) is 5.41 Å². The van der Waals surface area contributed by atoms with Gasteiger partial charge in [-0.2, -0.15) is 0 Å². The van der Waals surface area contributed by atoms with Crippen molar-refractivity contribution in [1.82, 2.24) is 4.98 Å². The molecule has 2 aromatic heterocycles. The molecule has 0 saturated carbocycles. The molecule has 31 heavy (non-hydrogen) atoms. The first-order valence-corrected chi connectivity index (χ1v) is 11.5. The van der Waals surface area contributed by atoms with Gasteiger partial charge in [-0.05, 0) is 39.3 Å². The van der Waals surface area contributed by atoms with Gasteiger partial charge in [-0.15, -0.1) is 11.3 Å². The fraction of sp³-hybridized carbons (Fsp3) is 0.138. The fourth-order valence-electron chi connectivity index (χ4n) is 4.59. The van der Waals surface area contributed by atoms with Crippen molar-refractivity contribution >= 4 is 53.1 Å². The summed E-state index contributed by atoms with van der Waals surface area (Å²) in [7, 11) is 0. The van der Waals surface area contributed by atoms with Crippen LogP contribution in [0.4, 0.5) is 0 Å². The van der Waals surface area contributed by atoms with Crippen molar-refractivity contribution in [2.24, 2.45) is 0 Å². The zero-order valence-corrected chi connectivity index (χ0v) is 18.8. The summed E-state index contributed by atoms with van der Waals surface area (Å²) in [6, 6.07) is 28.8. The Balaban J connectivity index is 1.71. The number of benzene rings is 4. The molecule has 0 aliphatic rings. The highest BCUT2D eigenvalue weighted by Gasteiger charge is 2.17. The van der Waals surface area contributed by atoms with Crippen LogP contribution in [0.5, 0.6) is 0 Å². The van der Waals surface area contributed by atoms with Gasteiger partial charge in [0.15, 0.2) is 0 Å². The maximum absolute atomic E-state index is 4.76. The van der Waals surface area contributed by atoms with E-state index in [2.05, 4.69) is 99.6 Å². The average Bonchev–Trinajstić information content (AvgIpc) is 3.17. The van der Waals surface area contributed by atoms with Gasteiger partial charge in [0.25, 0.3) is 0 Å². The van der Waals surface area contributed by atoms with E-state index in [1.165, 1.54) is 52.8 Å². The Hall–Kier alpha value is -3.23. The fourth-order valence-corrected chi connectivity index (χ4v) is 5.98. The summed E-state index contributed by atoms with van der Waals surface area (Å²) in [6.07, 6.45) is 1.95. The molecule has 0 unspecified atom stereocenters. The summed E-state index contributed by atoms with van der Waals surface area (Å²) in [4.78, 5) is 4.76. The molecule has 6 rings (SSSR count). The number of fused-ring (bicyclic) bond motifs is 7. The van der Waals surface area contributed by atoms with Crippen LogP contribution in [0.3, 0.4) is 0 Å². The number of hydrogen-bond acceptors (Lipinski definition) is 2. The van der Waals surface area contributed by atoms with Crippen LogP contribution in [-0.4, -0.2) is 4.98 Å². The Morgan fingerprint density at radius 1 is 0.677 bits per heavy atom. The van der Waals surface area contributed by atoms with Crippen molar-refractivity contribution < 1.29 is 0 Å². The summed E-state index contributed by atoms with van der Waals surface area (Å²) >= 11 is 1.90. The Morgan fingerprint density at radius 3 is 2.29 bits per heavy atom. The standard InChI is InChI=1S/C29H23NS/c1-29(2,3)20-15-16-30-25(17-20)24-10-6-9-22-23-14-13-19-12-11-18-7-4-5-8-21(18)26(19)28(23)31-27(22)24/h4-17H,1-3H3. The van der Waals surface area contributed by atoms with E-state index < -0.39 is 0 Å². The molecule has 0 fully saturated rings. The van der Waals surface area contributed by atoms with E-state index in [4.69, 9.17) is 4.98 Å². The number of hydrogen-bond donors (Lipinski definition) is 0. The van der Waals surface area contributed by atoms with E-state index in [0.29, 0.717) is 0 Å². The molecule has 6 aromatic rings. The van der Waals surface area contributed by atoms with E-state index >= 15 is 0 Å². The summed E-state index contributed by atoms with van der Waals surface area (Å²) in [6.45, 7) is 6.76. The average molecular weight is 418 g/mol. The van der Waals surface area contributed by atoms with Crippen molar-refractivity contribution in [3.05, 3.63) is 90.6 Å². The molecule has 0 aliphatic heterocycles. The molecule has 1 nitrogen and oxygen atoms in total. The SMILES string of the molecule is CC(C)(C)c1ccnc(-c2cccc3c2sc2c3ccc3ccc4ccccc4c32)c1. The number of pyridine rings is 1. The molecule has 2 heterocycles. The largest absolute Gasteiger partial charge is 0.256 e. The maximum atomic E-state index is 4.76. The highest BCUT2D eigenvalue weighted by Crippen LogP contribution is 2.44. The molecule has 0 spiro atoms. The van der Waals surface area contributed by atoms with Crippen LogP contribution in [0.25, 0.3) is 53.0 Å². The lowest BCUT2D eigenvalue weighted by Gasteiger charge is -2.19. The predicted molar refractivity (Wildman–Crippen MR) is 136 cm³/mol. The first kappa shape index (κ1) is 18.5. The van der Waals surface area contributed by atoms with E-state index in [9.17, 15) is 0 Å². The Bertz CT molecular complexity index is 1620. The Labute approximate surface area is 186 Å². The lowest BCUT2D eigenvalue weighted by atomic mass is 9.87. The molecular weight excluding hydrogens is 394 g/mol. The molecule has 0 N–H and O–H groups in total. The summed E-state index contributed by atoms with van der Waals surface area (Å²) in [5.41, 5.74) is 3.69. The van der Waals surface area contributed by atoms with Crippen molar-refractivity contribution in [2.45, 2.75) is 26.2 Å². The molecular formula is C29H23NS. The predicted octanol–water partition coefficient (Wildman–Crippen LogP) is 8.72. The number of nitrogens with zero attached hydrogens (tertiary/aromatic N) is 1. The van der Waals surface area contributed by atoms with Crippen LogP contribution < -0.4 is 0 Å². The summed E-state index contributed by atoms with van der Waals surface area (Å²) < 4.78 is 2.68. The minimum Gasteiger partial charge on any atom is -0.256 e. The second-order valence-corrected chi connectivity index (χ2v) is 10.3. The smallest absolute Gasteiger partial charge is 0.0719 e. The van der Waals surface area contributed by atoms with Crippen molar-refractivity contribution in [3.63, 3.8) is 0 Å². The molecule has 0 atom stereocenters. The second-order valence-electron chi connectivity index (χ2n) is 9.29. The number of thiophene rings is 1. The van der Waals surface area contributed by atoms with E-state index in [1.807, 2.05) is 17.5 Å². The van der Waals surface area contributed by atoms with Crippen LogP contribution in [0.2, 0.25) is 0 Å². The van der Waals surface area contributed by atoms with Gasteiger partial charge in [-0.1, -0.05) is 87.5 Å². The van der Waals surface area contributed by atoms with Crippen molar-refractivity contribution in [1.29, 1.82) is 0 Å². The van der Waals surface area contributed by atoms with Gasteiger partial charge < -0.3 is 0 Å². The van der Waals surface area contributed by atoms with E-state index in [0.717, 1.165) is 5.69 Å².